The Labute approximate surface area is 186 Å². The lowest BCUT2D eigenvalue weighted by molar-refractivity contribution is -0.136. The van der Waals surface area contributed by atoms with Gasteiger partial charge in [-0.15, -0.1) is 0 Å². The van der Waals surface area contributed by atoms with Gasteiger partial charge in [0, 0.05) is 32.2 Å². The van der Waals surface area contributed by atoms with Crippen molar-refractivity contribution in [3.05, 3.63) is 23.8 Å². The van der Waals surface area contributed by atoms with Crippen molar-refractivity contribution in [3.63, 3.8) is 0 Å². The molecule has 0 bridgehead atoms. The Kier molecular flexibility index (Phi) is 7.11. The minimum absolute atomic E-state index is 0.0555. The van der Waals surface area contributed by atoms with E-state index in [1.54, 1.807) is 17.0 Å². The van der Waals surface area contributed by atoms with Gasteiger partial charge >= 0.3 is 0 Å². The summed E-state index contributed by atoms with van der Waals surface area (Å²) in [6.07, 6.45) is 2.15. The first-order valence-corrected chi connectivity index (χ1v) is 12.7. The summed E-state index contributed by atoms with van der Waals surface area (Å²) < 4.78 is 29.1. The summed E-state index contributed by atoms with van der Waals surface area (Å²) in [6.45, 7) is 11.6. The molecule has 0 spiro atoms. The van der Waals surface area contributed by atoms with E-state index in [0.717, 1.165) is 17.7 Å². The van der Waals surface area contributed by atoms with Crippen LogP contribution in [0, 0.1) is 17.8 Å². The highest BCUT2D eigenvalue weighted by Gasteiger charge is 2.34. The van der Waals surface area contributed by atoms with Crippen molar-refractivity contribution in [1.29, 1.82) is 0 Å². The third-order valence-electron chi connectivity index (χ3n) is 6.12. The number of amides is 2. The number of nitrogens with zero attached hydrogens (tertiary/aromatic N) is 2. The molecule has 1 N–H and O–H groups in total. The largest absolute Gasteiger partial charge is 0.341 e. The molecule has 3 rings (SSSR count). The van der Waals surface area contributed by atoms with Crippen LogP contribution in [0.15, 0.2) is 23.1 Å². The fraction of sp³-hybridized carbons (Fsp3) is 0.652. The lowest BCUT2D eigenvalue weighted by Crippen LogP contribution is -2.52. The minimum atomic E-state index is -3.88. The highest BCUT2D eigenvalue weighted by atomic mass is 32.2. The van der Waals surface area contributed by atoms with Crippen LogP contribution in [0.25, 0.3) is 0 Å². The highest BCUT2D eigenvalue weighted by molar-refractivity contribution is 7.89. The number of fused-ring (bicyclic) bond motifs is 1. The highest BCUT2D eigenvalue weighted by Crippen LogP contribution is 2.30. The predicted molar refractivity (Wildman–Crippen MR) is 121 cm³/mol. The molecule has 172 valence electrons. The van der Waals surface area contributed by atoms with E-state index in [2.05, 4.69) is 18.6 Å². The number of hydrogen-bond donors (Lipinski definition) is 1. The van der Waals surface area contributed by atoms with Crippen molar-refractivity contribution >= 4 is 27.5 Å². The molecule has 1 saturated heterocycles. The van der Waals surface area contributed by atoms with Crippen LogP contribution >= 0.6 is 0 Å². The molecule has 2 amide bonds. The quantitative estimate of drug-likeness (QED) is 0.724. The molecule has 2 heterocycles. The second-order valence-electron chi connectivity index (χ2n) is 9.70. The van der Waals surface area contributed by atoms with Gasteiger partial charge in [0.25, 0.3) is 0 Å². The molecule has 0 unspecified atom stereocenters. The molecule has 3 atom stereocenters. The standard InChI is InChI=1S/C23H35N3O4S/c1-15(2)10-21(23(28)25-13-16(3)11-17(4)14-25)24-31(29,30)20-6-7-22-19(12-20)8-9-26(22)18(5)27/h6-7,12,15-17,21,24H,8-11,13-14H2,1-5H3/t16-,17+,21-/m0/s1. The zero-order valence-corrected chi connectivity index (χ0v) is 20.0. The van der Waals surface area contributed by atoms with Gasteiger partial charge in [-0.3, -0.25) is 9.59 Å². The summed E-state index contributed by atoms with van der Waals surface area (Å²) in [5.41, 5.74) is 1.60. The maximum atomic E-state index is 13.3. The first kappa shape index (κ1) is 23.7. The van der Waals surface area contributed by atoms with Gasteiger partial charge in [-0.05, 0) is 60.8 Å². The minimum Gasteiger partial charge on any atom is -0.341 e. The van der Waals surface area contributed by atoms with Crippen LogP contribution in [0.5, 0.6) is 0 Å². The average Bonchev–Trinajstić information content (AvgIpc) is 3.09. The van der Waals surface area contributed by atoms with Crippen molar-refractivity contribution in [2.24, 2.45) is 17.8 Å². The monoisotopic (exact) mass is 449 g/mol. The number of likely N-dealkylation sites (tertiary alicyclic amines) is 1. The Balaban J connectivity index is 1.82. The molecular formula is C23H35N3O4S. The molecule has 8 heteroatoms. The molecule has 1 aromatic carbocycles. The number of piperidine rings is 1. The molecule has 0 saturated carbocycles. The number of hydrogen-bond acceptors (Lipinski definition) is 4. The number of carbonyl (C=O) groups is 2. The molecule has 2 aliphatic heterocycles. The van der Waals surface area contributed by atoms with Crippen LogP contribution in [-0.2, 0) is 26.0 Å². The van der Waals surface area contributed by atoms with E-state index >= 15 is 0 Å². The van der Waals surface area contributed by atoms with Gasteiger partial charge in [0.1, 0.15) is 6.04 Å². The lowest BCUT2D eigenvalue weighted by atomic mass is 9.91. The first-order chi connectivity index (χ1) is 14.5. The van der Waals surface area contributed by atoms with Crippen LogP contribution in [0.1, 0.15) is 53.0 Å². The molecule has 0 aliphatic carbocycles. The van der Waals surface area contributed by atoms with Crippen molar-refractivity contribution in [2.45, 2.75) is 64.8 Å². The Bertz CT molecular complexity index is 934. The topological polar surface area (TPSA) is 86.8 Å². The third-order valence-corrected chi connectivity index (χ3v) is 7.59. The van der Waals surface area contributed by atoms with Crippen molar-refractivity contribution in [2.75, 3.05) is 24.5 Å². The fourth-order valence-corrected chi connectivity index (χ4v) is 6.11. The zero-order valence-electron chi connectivity index (χ0n) is 19.2. The third kappa shape index (κ3) is 5.47. The van der Waals surface area contributed by atoms with Crippen molar-refractivity contribution < 1.29 is 18.0 Å². The Morgan fingerprint density at radius 3 is 2.39 bits per heavy atom. The van der Waals surface area contributed by atoms with Crippen molar-refractivity contribution in [3.8, 4) is 0 Å². The Morgan fingerprint density at radius 2 is 1.81 bits per heavy atom. The van der Waals surface area contributed by atoms with Gasteiger partial charge in [-0.2, -0.15) is 4.72 Å². The second kappa shape index (κ2) is 9.28. The summed E-state index contributed by atoms with van der Waals surface area (Å²) >= 11 is 0. The fourth-order valence-electron chi connectivity index (χ4n) is 4.86. The summed E-state index contributed by atoms with van der Waals surface area (Å²) in [7, 11) is -3.88. The SMILES string of the molecule is CC(=O)N1CCc2cc(S(=O)(=O)N[C@@H](CC(C)C)C(=O)N3C[C@H](C)C[C@H](C)C3)ccc21. The van der Waals surface area contributed by atoms with Crippen LogP contribution in [-0.4, -0.2) is 50.8 Å². The summed E-state index contributed by atoms with van der Waals surface area (Å²) in [6, 6.07) is 4.04. The van der Waals surface area contributed by atoms with Gasteiger partial charge in [0.2, 0.25) is 21.8 Å². The van der Waals surface area contributed by atoms with E-state index in [0.29, 0.717) is 44.3 Å². The van der Waals surface area contributed by atoms with E-state index in [9.17, 15) is 18.0 Å². The van der Waals surface area contributed by atoms with Gasteiger partial charge < -0.3 is 9.80 Å². The van der Waals surface area contributed by atoms with E-state index in [-0.39, 0.29) is 22.6 Å². The Hall–Kier alpha value is -1.93. The molecule has 1 aromatic rings. The number of anilines is 1. The summed E-state index contributed by atoms with van der Waals surface area (Å²) in [5, 5.41) is 0. The van der Waals surface area contributed by atoms with Gasteiger partial charge in [-0.25, -0.2) is 8.42 Å². The van der Waals surface area contributed by atoms with Crippen molar-refractivity contribution in [1.82, 2.24) is 9.62 Å². The van der Waals surface area contributed by atoms with Crippen LogP contribution in [0.4, 0.5) is 5.69 Å². The zero-order chi connectivity index (χ0) is 22.9. The molecule has 2 aliphatic rings. The summed E-state index contributed by atoms with van der Waals surface area (Å²) in [5.74, 6) is 0.787. The maximum absolute atomic E-state index is 13.3. The molecule has 0 aromatic heterocycles. The number of sulfonamides is 1. The number of nitrogens with one attached hydrogen (secondary N) is 1. The average molecular weight is 450 g/mol. The molecular weight excluding hydrogens is 414 g/mol. The Morgan fingerprint density at radius 1 is 1.16 bits per heavy atom. The predicted octanol–water partition coefficient (Wildman–Crippen LogP) is 2.79. The van der Waals surface area contributed by atoms with Gasteiger partial charge in [-0.1, -0.05) is 27.7 Å². The molecule has 0 radical (unpaired) electrons. The van der Waals surface area contributed by atoms with E-state index in [1.165, 1.54) is 13.0 Å². The normalized spacial score (nSPS) is 22.5. The number of benzene rings is 1. The molecule has 31 heavy (non-hydrogen) atoms. The number of carbonyl (C=O) groups excluding carboxylic acids is 2. The smallest absolute Gasteiger partial charge is 0.241 e. The van der Waals surface area contributed by atoms with Gasteiger partial charge in [0.15, 0.2) is 0 Å². The molecule has 1 fully saturated rings. The summed E-state index contributed by atoms with van der Waals surface area (Å²) in [4.78, 5) is 28.7. The second-order valence-corrected chi connectivity index (χ2v) is 11.4. The van der Waals surface area contributed by atoms with E-state index in [4.69, 9.17) is 0 Å². The van der Waals surface area contributed by atoms with E-state index < -0.39 is 16.1 Å². The van der Waals surface area contributed by atoms with Crippen LogP contribution < -0.4 is 9.62 Å². The van der Waals surface area contributed by atoms with Crippen LogP contribution in [0.2, 0.25) is 0 Å². The van der Waals surface area contributed by atoms with E-state index in [1.807, 2.05) is 18.7 Å². The first-order valence-electron chi connectivity index (χ1n) is 11.2. The maximum Gasteiger partial charge on any atom is 0.241 e. The van der Waals surface area contributed by atoms with Gasteiger partial charge in [0.05, 0.1) is 4.90 Å². The number of rotatable bonds is 6. The van der Waals surface area contributed by atoms with Crippen LogP contribution in [0.3, 0.4) is 0 Å². The molecule has 7 nitrogen and oxygen atoms in total. The lowest BCUT2D eigenvalue weighted by Gasteiger charge is -2.37.